The van der Waals surface area contributed by atoms with Gasteiger partial charge in [0.15, 0.2) is 6.29 Å². The third kappa shape index (κ3) is 2.21. The summed E-state index contributed by atoms with van der Waals surface area (Å²) in [6, 6.07) is 7.10. The van der Waals surface area contributed by atoms with E-state index in [-0.39, 0.29) is 5.56 Å². The van der Waals surface area contributed by atoms with Gasteiger partial charge in [0.1, 0.15) is 0 Å². The Hall–Kier alpha value is -2.23. The lowest BCUT2D eigenvalue weighted by Gasteiger charge is -2.13. The maximum absolute atomic E-state index is 11.9. The van der Waals surface area contributed by atoms with E-state index in [1.54, 1.807) is 18.2 Å². The maximum atomic E-state index is 11.9. The van der Waals surface area contributed by atoms with Crippen LogP contribution in [0.5, 0.6) is 0 Å². The Morgan fingerprint density at radius 2 is 2.21 bits per heavy atom. The van der Waals surface area contributed by atoms with E-state index in [4.69, 9.17) is 14.7 Å². The van der Waals surface area contributed by atoms with Crippen molar-refractivity contribution >= 4 is 11.0 Å². The van der Waals surface area contributed by atoms with Gasteiger partial charge in [-0.25, -0.2) is 4.98 Å². The average Bonchev–Trinajstić information content (AvgIpc) is 2.94. The third-order valence-electron chi connectivity index (χ3n) is 3.00. The van der Waals surface area contributed by atoms with E-state index in [0.717, 1.165) is 0 Å². The normalized spacial score (nSPS) is 15.7. The summed E-state index contributed by atoms with van der Waals surface area (Å²) >= 11 is 0. The van der Waals surface area contributed by atoms with Crippen LogP contribution in [0.25, 0.3) is 11.0 Å². The van der Waals surface area contributed by atoms with E-state index in [1.807, 2.05) is 0 Å². The van der Waals surface area contributed by atoms with Gasteiger partial charge in [-0.15, -0.1) is 0 Å². The van der Waals surface area contributed by atoms with Crippen LogP contribution in [0.15, 0.2) is 29.2 Å². The van der Waals surface area contributed by atoms with Crippen molar-refractivity contribution in [1.82, 2.24) is 9.55 Å². The minimum Gasteiger partial charge on any atom is -0.348 e. The van der Waals surface area contributed by atoms with Crippen LogP contribution in [-0.4, -0.2) is 29.1 Å². The lowest BCUT2D eigenvalue weighted by molar-refractivity contribution is -0.0523. The van der Waals surface area contributed by atoms with Crippen molar-refractivity contribution < 1.29 is 9.47 Å². The van der Waals surface area contributed by atoms with Crippen molar-refractivity contribution in [2.45, 2.75) is 12.8 Å². The van der Waals surface area contributed by atoms with Gasteiger partial charge in [0, 0.05) is 0 Å². The van der Waals surface area contributed by atoms with Crippen molar-refractivity contribution in [3.8, 4) is 6.07 Å². The number of rotatable bonds is 2. The molecule has 6 nitrogen and oxygen atoms in total. The molecule has 19 heavy (non-hydrogen) atoms. The Bertz CT molecular complexity index is 711. The molecule has 0 unspecified atom stereocenters. The van der Waals surface area contributed by atoms with Crippen LogP contribution in [0.4, 0.5) is 0 Å². The quantitative estimate of drug-likeness (QED) is 0.789. The summed E-state index contributed by atoms with van der Waals surface area (Å²) in [5.41, 5.74) is 1.53. The molecule has 0 aliphatic carbocycles. The predicted octanol–water partition coefficient (Wildman–Crippen LogP) is 0.641. The van der Waals surface area contributed by atoms with Gasteiger partial charge in [-0.2, -0.15) is 5.26 Å². The molecular formula is C13H11N3O3. The first-order valence-corrected chi connectivity index (χ1v) is 5.91. The molecule has 0 radical (unpaired) electrons. The molecular weight excluding hydrogens is 246 g/mol. The van der Waals surface area contributed by atoms with Gasteiger partial charge in [-0.05, 0) is 18.2 Å². The van der Waals surface area contributed by atoms with Crippen LogP contribution in [0, 0.1) is 11.3 Å². The molecule has 0 spiro atoms. The number of benzene rings is 1. The van der Waals surface area contributed by atoms with Gasteiger partial charge >= 0.3 is 0 Å². The van der Waals surface area contributed by atoms with Gasteiger partial charge in [-0.1, -0.05) is 0 Å². The molecule has 96 valence electrons. The van der Waals surface area contributed by atoms with Crippen molar-refractivity contribution in [2.75, 3.05) is 13.2 Å². The zero-order chi connectivity index (χ0) is 13.2. The summed E-state index contributed by atoms with van der Waals surface area (Å²) in [6.07, 6.45) is 0.845. The van der Waals surface area contributed by atoms with Gasteiger partial charge in [0.05, 0.1) is 48.6 Å². The molecule has 0 bridgehead atoms. The number of aromatic nitrogens is 2. The molecule has 1 saturated heterocycles. The molecule has 2 heterocycles. The Balaban J connectivity index is 2.12. The van der Waals surface area contributed by atoms with Crippen LogP contribution in [-0.2, 0) is 16.0 Å². The first kappa shape index (κ1) is 11.8. The summed E-state index contributed by atoms with van der Waals surface area (Å²) < 4.78 is 12.2. The summed E-state index contributed by atoms with van der Waals surface area (Å²) in [5, 5.41) is 8.93. The third-order valence-corrected chi connectivity index (χ3v) is 3.00. The molecule has 2 aromatic rings. The highest BCUT2D eigenvalue weighted by Crippen LogP contribution is 2.14. The predicted molar refractivity (Wildman–Crippen MR) is 66.4 cm³/mol. The SMILES string of the molecule is N#Cc1ccc2ncc(=O)n(CC3OCCO3)c2c1. The second-order valence-electron chi connectivity index (χ2n) is 4.19. The highest BCUT2D eigenvalue weighted by Gasteiger charge is 2.18. The standard InChI is InChI=1S/C13H11N3O3/c14-6-9-1-2-10-11(5-9)16(12(17)7-15-10)8-13-18-3-4-19-13/h1-2,5,7,13H,3-4,8H2. The lowest BCUT2D eigenvalue weighted by Crippen LogP contribution is -2.27. The Labute approximate surface area is 108 Å². The number of hydrogen-bond acceptors (Lipinski definition) is 5. The van der Waals surface area contributed by atoms with E-state index >= 15 is 0 Å². The number of fused-ring (bicyclic) bond motifs is 1. The molecule has 1 aliphatic heterocycles. The molecule has 0 amide bonds. The van der Waals surface area contributed by atoms with Crippen LogP contribution in [0.2, 0.25) is 0 Å². The molecule has 1 aromatic carbocycles. The van der Waals surface area contributed by atoms with Gasteiger partial charge in [0.25, 0.3) is 5.56 Å². The topological polar surface area (TPSA) is 77.1 Å². The number of ether oxygens (including phenoxy) is 2. The summed E-state index contributed by atoms with van der Waals surface area (Å²) in [7, 11) is 0. The lowest BCUT2D eigenvalue weighted by atomic mass is 10.2. The van der Waals surface area contributed by atoms with Crippen molar-refractivity contribution in [1.29, 1.82) is 5.26 Å². The minimum atomic E-state index is -0.422. The van der Waals surface area contributed by atoms with Gasteiger partial charge in [0.2, 0.25) is 0 Å². The Kier molecular flexibility index (Phi) is 2.99. The van der Waals surface area contributed by atoms with Crippen LogP contribution in [0.3, 0.4) is 0 Å². The highest BCUT2D eigenvalue weighted by atomic mass is 16.7. The molecule has 1 aliphatic rings. The fourth-order valence-corrected chi connectivity index (χ4v) is 2.08. The average molecular weight is 257 g/mol. The second kappa shape index (κ2) is 4.80. The van der Waals surface area contributed by atoms with E-state index in [2.05, 4.69) is 11.1 Å². The largest absolute Gasteiger partial charge is 0.348 e. The van der Waals surface area contributed by atoms with Gasteiger partial charge < -0.3 is 14.0 Å². The minimum absolute atomic E-state index is 0.235. The monoisotopic (exact) mass is 257 g/mol. The molecule has 1 aromatic heterocycles. The molecule has 1 fully saturated rings. The number of nitrogens with zero attached hydrogens (tertiary/aromatic N) is 3. The first-order chi connectivity index (χ1) is 9.28. The van der Waals surface area contributed by atoms with Crippen molar-refractivity contribution in [3.05, 3.63) is 40.3 Å². The van der Waals surface area contributed by atoms with Crippen molar-refractivity contribution in [2.24, 2.45) is 0 Å². The number of nitriles is 1. The van der Waals surface area contributed by atoms with E-state index in [9.17, 15) is 4.79 Å². The van der Waals surface area contributed by atoms with Crippen LogP contribution >= 0.6 is 0 Å². The second-order valence-corrected chi connectivity index (χ2v) is 4.19. The fraction of sp³-hybridized carbons (Fsp3) is 0.308. The molecule has 0 saturated carbocycles. The molecule has 6 heteroatoms. The van der Waals surface area contributed by atoms with Gasteiger partial charge in [-0.3, -0.25) is 4.79 Å². The van der Waals surface area contributed by atoms with Crippen LogP contribution < -0.4 is 5.56 Å². The van der Waals surface area contributed by atoms with E-state index < -0.39 is 6.29 Å². The zero-order valence-corrected chi connectivity index (χ0v) is 10.1. The molecule has 0 atom stereocenters. The van der Waals surface area contributed by atoms with E-state index in [0.29, 0.717) is 36.4 Å². The van der Waals surface area contributed by atoms with Crippen LogP contribution in [0.1, 0.15) is 5.56 Å². The van der Waals surface area contributed by atoms with E-state index in [1.165, 1.54) is 10.8 Å². The maximum Gasteiger partial charge on any atom is 0.269 e. The Morgan fingerprint density at radius 3 is 2.95 bits per heavy atom. The highest BCUT2D eigenvalue weighted by molar-refractivity contribution is 5.76. The fourth-order valence-electron chi connectivity index (χ4n) is 2.08. The summed E-state index contributed by atoms with van der Waals surface area (Å²) in [5.74, 6) is 0. The Morgan fingerprint density at radius 1 is 1.42 bits per heavy atom. The molecule has 0 N–H and O–H groups in total. The summed E-state index contributed by atoms with van der Waals surface area (Å²) in [6.45, 7) is 1.37. The smallest absolute Gasteiger partial charge is 0.269 e. The number of hydrogen-bond donors (Lipinski definition) is 0. The zero-order valence-electron chi connectivity index (χ0n) is 10.1. The van der Waals surface area contributed by atoms with Crippen molar-refractivity contribution in [3.63, 3.8) is 0 Å². The summed E-state index contributed by atoms with van der Waals surface area (Å²) in [4.78, 5) is 16.0. The molecule has 3 rings (SSSR count). The first-order valence-electron chi connectivity index (χ1n) is 5.91.